The van der Waals surface area contributed by atoms with Gasteiger partial charge in [0.05, 0.1) is 0 Å². The number of allylic oxidation sites excluding steroid dienone is 2. The molecule has 0 nitrogen and oxygen atoms in total. The molecule has 60 heavy (non-hydrogen) atoms. The molecule has 1 aliphatic carbocycles. The molecule has 0 heteroatoms. The number of rotatable bonds is 5. The first-order valence-electron chi connectivity index (χ1n) is 20.4. The van der Waals surface area contributed by atoms with Crippen molar-refractivity contribution in [3.05, 3.63) is 211 Å². The second-order valence-corrected chi connectivity index (χ2v) is 16.5. The molecule has 0 saturated heterocycles. The van der Waals surface area contributed by atoms with Gasteiger partial charge in [0.2, 0.25) is 0 Å². The Bertz CT molecular complexity index is 3390. The van der Waals surface area contributed by atoms with E-state index in [1.165, 1.54) is 121 Å². The van der Waals surface area contributed by atoms with Crippen molar-refractivity contribution in [1.29, 1.82) is 0 Å². The fourth-order valence-corrected chi connectivity index (χ4v) is 10.2. The molecule has 1 aliphatic rings. The summed E-state index contributed by atoms with van der Waals surface area (Å²) in [5.41, 5.74) is 15.4. The highest BCUT2D eigenvalue weighted by Crippen LogP contribution is 2.52. The molecular weight excluding hydrogens is 721 g/mol. The second kappa shape index (κ2) is 14.7. The summed E-state index contributed by atoms with van der Waals surface area (Å²) in [7, 11) is 0. The van der Waals surface area contributed by atoms with Crippen molar-refractivity contribution in [2.45, 2.75) is 41.0 Å². The molecule has 11 rings (SSSR count). The van der Waals surface area contributed by atoms with Gasteiger partial charge in [0.15, 0.2) is 0 Å². The summed E-state index contributed by atoms with van der Waals surface area (Å²) in [6, 6.07) is 63.9. The SMILES string of the molecule is C.C.C=C/C=C\c1cc(-c2c3ccccc3c(-c3cc4ccccc4c4ccccc34)c3cc(-c4ccc5c(c4)C(C)(C)c4ccccc4-5)ccc23)c2ccccc2c1C. The molecule has 0 aromatic heterocycles. The van der Waals surface area contributed by atoms with Gasteiger partial charge in [0.25, 0.3) is 0 Å². The van der Waals surface area contributed by atoms with E-state index in [2.05, 4.69) is 203 Å². The van der Waals surface area contributed by atoms with Gasteiger partial charge >= 0.3 is 0 Å². The molecule has 0 unspecified atom stereocenters. The lowest BCUT2D eigenvalue weighted by Crippen LogP contribution is -2.14. The molecule has 0 N–H and O–H groups in total. The first-order chi connectivity index (χ1) is 28.4. The van der Waals surface area contributed by atoms with E-state index in [4.69, 9.17) is 0 Å². The number of hydrogen-bond acceptors (Lipinski definition) is 0. The Morgan fingerprint density at radius 2 is 0.933 bits per heavy atom. The van der Waals surface area contributed by atoms with Crippen molar-refractivity contribution in [2.24, 2.45) is 0 Å². The number of benzene rings is 10. The maximum Gasteiger partial charge on any atom is 0.0159 e. The molecule has 290 valence electrons. The average Bonchev–Trinajstić information content (AvgIpc) is 3.50. The van der Waals surface area contributed by atoms with E-state index < -0.39 is 0 Å². The minimum atomic E-state index is -0.0818. The van der Waals surface area contributed by atoms with Gasteiger partial charge < -0.3 is 0 Å². The van der Waals surface area contributed by atoms with Crippen LogP contribution in [-0.2, 0) is 5.41 Å². The summed E-state index contributed by atoms with van der Waals surface area (Å²) in [6.07, 6.45) is 6.11. The highest BCUT2D eigenvalue weighted by Gasteiger charge is 2.35. The number of hydrogen-bond donors (Lipinski definition) is 0. The molecule has 0 heterocycles. The normalized spacial score (nSPS) is 12.8. The Balaban J connectivity index is 0.00000231. The molecule has 0 radical (unpaired) electrons. The third kappa shape index (κ3) is 5.66. The molecule has 0 atom stereocenters. The Morgan fingerprint density at radius 3 is 1.67 bits per heavy atom. The monoisotopic (exact) mass is 770 g/mol. The lowest BCUT2D eigenvalue weighted by molar-refractivity contribution is 0.660. The van der Waals surface area contributed by atoms with Crippen LogP contribution >= 0.6 is 0 Å². The van der Waals surface area contributed by atoms with Crippen molar-refractivity contribution < 1.29 is 0 Å². The van der Waals surface area contributed by atoms with Gasteiger partial charge in [0.1, 0.15) is 0 Å². The first-order valence-corrected chi connectivity index (χ1v) is 20.4. The zero-order chi connectivity index (χ0) is 39.1. The van der Waals surface area contributed by atoms with Crippen molar-refractivity contribution >= 4 is 59.9 Å². The van der Waals surface area contributed by atoms with Crippen molar-refractivity contribution in [1.82, 2.24) is 0 Å². The zero-order valence-electron chi connectivity index (χ0n) is 33.1. The van der Waals surface area contributed by atoms with E-state index in [0.29, 0.717) is 0 Å². The average molecular weight is 771 g/mol. The van der Waals surface area contributed by atoms with E-state index in [1.54, 1.807) is 0 Å². The van der Waals surface area contributed by atoms with Crippen LogP contribution in [0.3, 0.4) is 0 Å². The molecule has 0 bridgehead atoms. The quantitative estimate of drug-likeness (QED) is 0.0929. The minimum Gasteiger partial charge on any atom is -0.0991 e. The topological polar surface area (TPSA) is 0 Å². The fraction of sp³-hybridized carbons (Fsp3) is 0.100. The number of fused-ring (bicyclic) bond motifs is 9. The van der Waals surface area contributed by atoms with Crippen LogP contribution in [-0.4, -0.2) is 0 Å². The Morgan fingerprint density at radius 1 is 0.417 bits per heavy atom. The summed E-state index contributed by atoms with van der Waals surface area (Å²) >= 11 is 0. The zero-order valence-corrected chi connectivity index (χ0v) is 33.1. The molecule has 0 spiro atoms. The summed E-state index contributed by atoms with van der Waals surface area (Å²) in [5.74, 6) is 0. The Kier molecular flexibility index (Phi) is 9.41. The minimum absolute atomic E-state index is 0. The van der Waals surface area contributed by atoms with Crippen molar-refractivity contribution in [3.8, 4) is 44.5 Å². The standard InChI is InChI=1S/C58H42.2CH4/c1-5-6-17-37-32-51(43-21-10-9-19-41(43)36(37)2)56-48-25-13-14-26-49(48)57(52-34-40-18-7-8-20-42(40)44-22-11-12-23-45(44)52)53-33-38(29-31-50(53)56)39-28-30-47-46-24-15-16-27-54(46)58(3,4)55(47)35-39;;/h5-35H,1H2,2-4H3;2*1H4/b17-6-;;. The van der Waals surface area contributed by atoms with E-state index in [0.717, 1.165) is 0 Å². The van der Waals surface area contributed by atoms with E-state index in [9.17, 15) is 0 Å². The van der Waals surface area contributed by atoms with Crippen molar-refractivity contribution in [3.63, 3.8) is 0 Å². The van der Waals surface area contributed by atoms with Crippen LogP contribution < -0.4 is 0 Å². The largest absolute Gasteiger partial charge is 0.0991 e. The van der Waals surface area contributed by atoms with Crippen molar-refractivity contribution in [2.75, 3.05) is 0 Å². The van der Waals surface area contributed by atoms with Gasteiger partial charge in [-0.3, -0.25) is 0 Å². The third-order valence-electron chi connectivity index (χ3n) is 13.0. The van der Waals surface area contributed by atoms with Crippen LogP contribution in [0.25, 0.3) is 104 Å². The van der Waals surface area contributed by atoms with Crippen LogP contribution in [0.15, 0.2) is 189 Å². The molecule has 0 aliphatic heterocycles. The highest BCUT2D eigenvalue weighted by atomic mass is 14.4. The van der Waals surface area contributed by atoms with Crippen LogP contribution in [0.4, 0.5) is 0 Å². The lowest BCUT2D eigenvalue weighted by Gasteiger charge is -2.23. The lowest BCUT2D eigenvalue weighted by atomic mass is 9.80. The van der Waals surface area contributed by atoms with Crippen LogP contribution in [0.2, 0.25) is 0 Å². The summed E-state index contributed by atoms with van der Waals surface area (Å²) < 4.78 is 0. The van der Waals surface area contributed by atoms with Gasteiger partial charge in [-0.1, -0.05) is 199 Å². The highest BCUT2D eigenvalue weighted by molar-refractivity contribution is 6.27. The summed E-state index contributed by atoms with van der Waals surface area (Å²) in [4.78, 5) is 0. The van der Waals surface area contributed by atoms with E-state index >= 15 is 0 Å². The molecule has 10 aromatic carbocycles. The maximum atomic E-state index is 3.99. The van der Waals surface area contributed by atoms with Gasteiger partial charge in [-0.15, -0.1) is 0 Å². The Labute approximate surface area is 354 Å². The molecule has 0 amide bonds. The van der Waals surface area contributed by atoms with Gasteiger partial charge in [-0.2, -0.15) is 0 Å². The summed E-state index contributed by atoms with van der Waals surface area (Å²) in [5, 5.41) is 12.6. The summed E-state index contributed by atoms with van der Waals surface area (Å²) in [6.45, 7) is 11.0. The molecular formula is C60H50. The molecule has 0 saturated carbocycles. The Hall–Kier alpha value is -7.02. The van der Waals surface area contributed by atoms with Crippen LogP contribution in [0.1, 0.15) is 51.0 Å². The van der Waals surface area contributed by atoms with Gasteiger partial charge in [-0.05, 0) is 152 Å². The van der Waals surface area contributed by atoms with Crippen LogP contribution in [0, 0.1) is 6.92 Å². The van der Waals surface area contributed by atoms with Gasteiger partial charge in [-0.25, -0.2) is 0 Å². The predicted molar refractivity (Wildman–Crippen MR) is 265 cm³/mol. The van der Waals surface area contributed by atoms with Crippen LogP contribution in [0.5, 0.6) is 0 Å². The predicted octanol–water partition coefficient (Wildman–Crippen LogP) is 17.5. The second-order valence-electron chi connectivity index (χ2n) is 16.5. The fourth-order valence-electron chi connectivity index (χ4n) is 10.2. The van der Waals surface area contributed by atoms with Gasteiger partial charge in [0, 0.05) is 5.41 Å². The first kappa shape index (κ1) is 38.5. The van der Waals surface area contributed by atoms with E-state index in [1.807, 2.05) is 12.2 Å². The molecule has 0 fully saturated rings. The smallest absolute Gasteiger partial charge is 0.0159 e. The third-order valence-corrected chi connectivity index (χ3v) is 13.0. The van der Waals surface area contributed by atoms with E-state index in [-0.39, 0.29) is 20.3 Å². The number of aryl methyl sites for hydroxylation is 1. The maximum absolute atomic E-state index is 3.99. The molecule has 10 aromatic rings.